The number of nitrogens with zero attached hydrogens (tertiary/aromatic N) is 3. The highest BCUT2D eigenvalue weighted by atomic mass is 127. The monoisotopic (exact) mass is 509 g/mol. The first-order valence-corrected chi connectivity index (χ1v) is 10.2. The summed E-state index contributed by atoms with van der Waals surface area (Å²) in [6.07, 6.45) is 2.92. The SMILES string of the molecule is CCNC(=NCc1cccc(-c2ccccn2)c1)NCCCN1CCOCC1.I. The minimum atomic E-state index is 0. The quantitative estimate of drug-likeness (QED) is 0.248. The number of benzene rings is 1. The maximum atomic E-state index is 5.40. The number of halogens is 1. The number of ether oxygens (including phenoxy) is 1. The van der Waals surface area contributed by atoms with Crippen LogP contribution in [0.4, 0.5) is 0 Å². The molecule has 3 rings (SSSR count). The first-order valence-electron chi connectivity index (χ1n) is 10.2. The fraction of sp³-hybridized carbons (Fsp3) is 0.455. The molecule has 0 aliphatic carbocycles. The molecule has 29 heavy (non-hydrogen) atoms. The number of aromatic nitrogens is 1. The van der Waals surface area contributed by atoms with Gasteiger partial charge in [-0.15, -0.1) is 24.0 Å². The molecule has 1 aliphatic heterocycles. The van der Waals surface area contributed by atoms with Crippen LogP contribution in [0.3, 0.4) is 0 Å². The normalized spacial score (nSPS) is 14.9. The zero-order chi connectivity index (χ0) is 19.4. The van der Waals surface area contributed by atoms with Gasteiger partial charge in [0.05, 0.1) is 25.5 Å². The Kier molecular flexibility index (Phi) is 11.0. The summed E-state index contributed by atoms with van der Waals surface area (Å²) in [5, 5.41) is 6.78. The smallest absolute Gasteiger partial charge is 0.191 e. The van der Waals surface area contributed by atoms with E-state index >= 15 is 0 Å². The lowest BCUT2D eigenvalue weighted by Crippen LogP contribution is -2.40. The highest BCUT2D eigenvalue weighted by molar-refractivity contribution is 14.0. The summed E-state index contributed by atoms with van der Waals surface area (Å²) in [5.74, 6) is 0.868. The second-order valence-electron chi connectivity index (χ2n) is 6.84. The van der Waals surface area contributed by atoms with Crippen molar-refractivity contribution in [1.82, 2.24) is 20.5 Å². The summed E-state index contributed by atoms with van der Waals surface area (Å²) in [4.78, 5) is 11.6. The zero-order valence-electron chi connectivity index (χ0n) is 17.1. The fourth-order valence-electron chi connectivity index (χ4n) is 3.21. The van der Waals surface area contributed by atoms with Gasteiger partial charge in [0, 0.05) is 37.9 Å². The Hall–Kier alpha value is -1.71. The van der Waals surface area contributed by atoms with Gasteiger partial charge in [-0.05, 0) is 43.7 Å². The molecule has 0 bridgehead atoms. The van der Waals surface area contributed by atoms with E-state index in [1.165, 1.54) is 5.56 Å². The Bertz CT molecular complexity index is 735. The molecular formula is C22H32IN5O. The summed E-state index contributed by atoms with van der Waals surface area (Å²) in [7, 11) is 0. The predicted octanol–water partition coefficient (Wildman–Crippen LogP) is 3.14. The molecule has 0 radical (unpaired) electrons. The maximum Gasteiger partial charge on any atom is 0.191 e. The molecule has 1 saturated heterocycles. The van der Waals surface area contributed by atoms with Crippen LogP contribution in [0, 0.1) is 0 Å². The zero-order valence-corrected chi connectivity index (χ0v) is 19.5. The lowest BCUT2D eigenvalue weighted by atomic mass is 10.1. The average molecular weight is 509 g/mol. The fourth-order valence-corrected chi connectivity index (χ4v) is 3.21. The average Bonchev–Trinajstić information content (AvgIpc) is 2.76. The number of rotatable bonds is 8. The third kappa shape index (κ3) is 8.28. The maximum absolute atomic E-state index is 5.40. The minimum Gasteiger partial charge on any atom is -0.379 e. The van der Waals surface area contributed by atoms with E-state index < -0.39 is 0 Å². The molecule has 158 valence electrons. The van der Waals surface area contributed by atoms with Crippen LogP contribution >= 0.6 is 24.0 Å². The third-order valence-corrected chi connectivity index (χ3v) is 4.70. The van der Waals surface area contributed by atoms with Crippen molar-refractivity contribution in [2.45, 2.75) is 19.9 Å². The van der Waals surface area contributed by atoms with Crippen molar-refractivity contribution in [3.63, 3.8) is 0 Å². The summed E-state index contributed by atoms with van der Waals surface area (Å²) >= 11 is 0. The molecule has 2 aromatic rings. The van der Waals surface area contributed by atoms with Gasteiger partial charge in [0.25, 0.3) is 0 Å². The van der Waals surface area contributed by atoms with Gasteiger partial charge in [-0.25, -0.2) is 4.99 Å². The molecule has 0 saturated carbocycles. The molecular weight excluding hydrogens is 477 g/mol. The molecule has 7 heteroatoms. The van der Waals surface area contributed by atoms with Gasteiger partial charge in [-0.2, -0.15) is 0 Å². The number of aliphatic imine (C=N–C) groups is 1. The van der Waals surface area contributed by atoms with Crippen LogP contribution in [0.25, 0.3) is 11.3 Å². The van der Waals surface area contributed by atoms with Crippen LogP contribution in [0.2, 0.25) is 0 Å². The van der Waals surface area contributed by atoms with E-state index in [4.69, 9.17) is 9.73 Å². The van der Waals surface area contributed by atoms with Gasteiger partial charge in [-0.1, -0.05) is 24.3 Å². The Morgan fingerprint density at radius 1 is 1.14 bits per heavy atom. The Morgan fingerprint density at radius 2 is 2.00 bits per heavy atom. The molecule has 2 N–H and O–H groups in total. The Balaban J connectivity index is 0.00000300. The first kappa shape index (κ1) is 23.6. The molecule has 0 spiro atoms. The highest BCUT2D eigenvalue weighted by Gasteiger charge is 2.09. The summed E-state index contributed by atoms with van der Waals surface area (Å²) in [6.45, 7) is 9.39. The molecule has 1 fully saturated rings. The molecule has 1 aromatic heterocycles. The minimum absolute atomic E-state index is 0. The molecule has 0 unspecified atom stereocenters. The largest absolute Gasteiger partial charge is 0.379 e. The molecule has 6 nitrogen and oxygen atoms in total. The number of morpholine rings is 1. The Morgan fingerprint density at radius 3 is 2.76 bits per heavy atom. The van der Waals surface area contributed by atoms with Crippen LogP contribution < -0.4 is 10.6 Å². The van der Waals surface area contributed by atoms with Crippen molar-refractivity contribution in [1.29, 1.82) is 0 Å². The molecule has 2 heterocycles. The highest BCUT2D eigenvalue weighted by Crippen LogP contribution is 2.18. The van der Waals surface area contributed by atoms with Crippen molar-refractivity contribution in [2.24, 2.45) is 4.99 Å². The summed E-state index contributed by atoms with van der Waals surface area (Å²) in [6, 6.07) is 14.4. The molecule has 0 amide bonds. The van der Waals surface area contributed by atoms with E-state index in [-0.39, 0.29) is 24.0 Å². The van der Waals surface area contributed by atoms with Crippen molar-refractivity contribution in [3.05, 3.63) is 54.2 Å². The van der Waals surface area contributed by atoms with Crippen LogP contribution in [0.1, 0.15) is 18.9 Å². The third-order valence-electron chi connectivity index (χ3n) is 4.70. The van der Waals surface area contributed by atoms with Gasteiger partial charge < -0.3 is 15.4 Å². The predicted molar refractivity (Wildman–Crippen MR) is 130 cm³/mol. The van der Waals surface area contributed by atoms with E-state index in [0.717, 1.165) is 69.6 Å². The van der Waals surface area contributed by atoms with Gasteiger partial charge >= 0.3 is 0 Å². The van der Waals surface area contributed by atoms with E-state index in [1.54, 1.807) is 0 Å². The second-order valence-corrected chi connectivity index (χ2v) is 6.84. The van der Waals surface area contributed by atoms with E-state index in [9.17, 15) is 0 Å². The second kappa shape index (κ2) is 13.5. The van der Waals surface area contributed by atoms with Gasteiger partial charge in [0.1, 0.15) is 0 Å². The molecule has 1 aromatic carbocycles. The van der Waals surface area contributed by atoms with Crippen LogP contribution in [-0.2, 0) is 11.3 Å². The van der Waals surface area contributed by atoms with Crippen LogP contribution in [0.5, 0.6) is 0 Å². The number of hydrogen-bond donors (Lipinski definition) is 2. The van der Waals surface area contributed by atoms with Crippen molar-refractivity contribution in [2.75, 3.05) is 45.9 Å². The van der Waals surface area contributed by atoms with Crippen LogP contribution in [0.15, 0.2) is 53.7 Å². The number of guanidine groups is 1. The number of pyridine rings is 1. The lowest BCUT2D eigenvalue weighted by Gasteiger charge is -2.26. The van der Waals surface area contributed by atoms with Gasteiger partial charge in [0.2, 0.25) is 0 Å². The lowest BCUT2D eigenvalue weighted by molar-refractivity contribution is 0.0376. The summed E-state index contributed by atoms with van der Waals surface area (Å²) in [5.41, 5.74) is 3.28. The topological polar surface area (TPSA) is 61.8 Å². The van der Waals surface area contributed by atoms with E-state index in [1.807, 2.05) is 24.4 Å². The van der Waals surface area contributed by atoms with Crippen LogP contribution in [-0.4, -0.2) is 61.8 Å². The number of nitrogens with one attached hydrogen (secondary N) is 2. The molecule has 1 aliphatic rings. The van der Waals surface area contributed by atoms with Crippen molar-refractivity contribution >= 4 is 29.9 Å². The standard InChI is InChI=1S/C22H31N5O.HI/c1-2-23-22(25-11-6-12-27-13-15-28-16-14-27)26-18-19-7-5-8-20(17-19)21-9-3-4-10-24-21;/h3-5,7-10,17H,2,6,11-16,18H2,1H3,(H2,23,25,26);1H. The first-order chi connectivity index (χ1) is 13.8. The molecule has 0 atom stereocenters. The summed E-state index contributed by atoms with van der Waals surface area (Å²) < 4.78 is 5.40. The van der Waals surface area contributed by atoms with E-state index in [2.05, 4.69) is 51.7 Å². The van der Waals surface area contributed by atoms with Crippen molar-refractivity contribution in [3.8, 4) is 11.3 Å². The Labute approximate surface area is 191 Å². The number of hydrogen-bond acceptors (Lipinski definition) is 4. The van der Waals surface area contributed by atoms with E-state index in [0.29, 0.717) is 6.54 Å². The van der Waals surface area contributed by atoms with Crippen molar-refractivity contribution < 1.29 is 4.74 Å². The van der Waals surface area contributed by atoms with Gasteiger partial charge in [0.15, 0.2) is 5.96 Å². The van der Waals surface area contributed by atoms with Gasteiger partial charge in [-0.3, -0.25) is 9.88 Å².